The number of urea groups is 1. The maximum Gasteiger partial charge on any atom is 0.410 e. The summed E-state index contributed by atoms with van der Waals surface area (Å²) in [6.45, 7) is 8.36. The van der Waals surface area contributed by atoms with Gasteiger partial charge in [0.05, 0.1) is 11.9 Å². The van der Waals surface area contributed by atoms with Crippen LogP contribution < -0.4 is 10.6 Å². The zero-order valence-corrected chi connectivity index (χ0v) is 14.4. The molecule has 0 bridgehead atoms. The number of amides is 3. The fourth-order valence-corrected chi connectivity index (χ4v) is 1.83. The lowest BCUT2D eigenvalue weighted by atomic mass is 10.1. The number of anilines is 1. The Balaban J connectivity index is 2.32. The van der Waals surface area contributed by atoms with Crippen LogP contribution in [0.1, 0.15) is 27.7 Å². The van der Waals surface area contributed by atoms with Crippen molar-refractivity contribution in [3.05, 3.63) is 24.5 Å². The monoisotopic (exact) mass is 322 g/mol. The van der Waals surface area contributed by atoms with E-state index in [1.54, 1.807) is 31.6 Å². The van der Waals surface area contributed by atoms with Crippen LogP contribution in [0.4, 0.5) is 15.3 Å². The van der Waals surface area contributed by atoms with Gasteiger partial charge in [0.1, 0.15) is 5.60 Å². The zero-order chi connectivity index (χ0) is 17.5. The molecular weight excluding hydrogens is 296 g/mol. The van der Waals surface area contributed by atoms with Crippen LogP contribution in [0.2, 0.25) is 0 Å². The summed E-state index contributed by atoms with van der Waals surface area (Å²) in [6, 6.07) is 3.20. The third-order valence-electron chi connectivity index (χ3n) is 2.82. The van der Waals surface area contributed by atoms with Crippen LogP contribution in [0.3, 0.4) is 0 Å². The van der Waals surface area contributed by atoms with Crippen molar-refractivity contribution >= 4 is 17.8 Å². The first-order chi connectivity index (χ1) is 10.7. The molecule has 128 valence electrons. The van der Waals surface area contributed by atoms with Gasteiger partial charge in [-0.15, -0.1) is 0 Å². The number of carbonyl (C=O) groups is 2. The van der Waals surface area contributed by atoms with Gasteiger partial charge < -0.3 is 20.3 Å². The van der Waals surface area contributed by atoms with Gasteiger partial charge in [-0.1, -0.05) is 6.92 Å². The van der Waals surface area contributed by atoms with E-state index in [4.69, 9.17) is 4.74 Å². The quantitative estimate of drug-likeness (QED) is 0.873. The molecule has 3 amide bonds. The van der Waals surface area contributed by atoms with Crippen LogP contribution in [-0.2, 0) is 4.74 Å². The van der Waals surface area contributed by atoms with Gasteiger partial charge in [0, 0.05) is 26.3 Å². The minimum absolute atomic E-state index is 0.0900. The molecule has 1 aromatic rings. The number of pyridine rings is 1. The third-order valence-corrected chi connectivity index (χ3v) is 2.82. The largest absolute Gasteiger partial charge is 0.444 e. The molecule has 0 aliphatic carbocycles. The molecule has 2 N–H and O–H groups in total. The molecule has 0 fully saturated rings. The molecule has 0 unspecified atom stereocenters. The van der Waals surface area contributed by atoms with Crippen molar-refractivity contribution in [1.82, 2.24) is 15.2 Å². The number of rotatable bonds is 5. The van der Waals surface area contributed by atoms with Crippen LogP contribution in [0.15, 0.2) is 24.5 Å². The molecule has 23 heavy (non-hydrogen) atoms. The van der Waals surface area contributed by atoms with E-state index in [0.717, 1.165) is 0 Å². The lowest BCUT2D eigenvalue weighted by Gasteiger charge is -2.26. The second-order valence-electron chi connectivity index (χ2n) is 6.54. The summed E-state index contributed by atoms with van der Waals surface area (Å²) in [4.78, 5) is 29.1. The lowest BCUT2D eigenvalue weighted by molar-refractivity contribution is 0.0278. The van der Waals surface area contributed by atoms with Crippen LogP contribution >= 0.6 is 0 Å². The number of nitrogens with one attached hydrogen (secondary N) is 2. The van der Waals surface area contributed by atoms with Gasteiger partial charge in [0.15, 0.2) is 0 Å². The summed E-state index contributed by atoms with van der Waals surface area (Å²) >= 11 is 0. The van der Waals surface area contributed by atoms with Crippen molar-refractivity contribution in [3.63, 3.8) is 0 Å². The van der Waals surface area contributed by atoms with E-state index in [0.29, 0.717) is 18.8 Å². The number of nitrogens with zero attached hydrogens (tertiary/aromatic N) is 2. The van der Waals surface area contributed by atoms with E-state index in [9.17, 15) is 9.59 Å². The molecular formula is C16H26N4O3. The van der Waals surface area contributed by atoms with E-state index >= 15 is 0 Å². The smallest absolute Gasteiger partial charge is 0.410 e. The molecule has 0 saturated heterocycles. The highest BCUT2D eigenvalue weighted by atomic mass is 16.6. The molecule has 1 rings (SSSR count). The Morgan fingerprint density at radius 3 is 2.65 bits per heavy atom. The maximum atomic E-state index is 11.9. The Bertz CT molecular complexity index is 514. The molecule has 7 heteroatoms. The summed E-state index contributed by atoms with van der Waals surface area (Å²) in [5.41, 5.74) is 0.111. The second-order valence-corrected chi connectivity index (χ2v) is 6.54. The first kappa shape index (κ1) is 18.7. The minimum Gasteiger partial charge on any atom is -0.444 e. The van der Waals surface area contributed by atoms with E-state index in [1.165, 1.54) is 4.90 Å². The first-order valence-corrected chi connectivity index (χ1v) is 7.56. The highest BCUT2D eigenvalue weighted by molar-refractivity contribution is 5.88. The van der Waals surface area contributed by atoms with Crippen molar-refractivity contribution < 1.29 is 14.3 Å². The Kier molecular flexibility index (Phi) is 6.81. The number of hydrogen-bond donors (Lipinski definition) is 2. The van der Waals surface area contributed by atoms with Crippen LogP contribution in [-0.4, -0.2) is 47.7 Å². The molecule has 1 heterocycles. The second kappa shape index (κ2) is 8.36. The first-order valence-electron chi connectivity index (χ1n) is 7.56. The molecule has 1 atom stereocenters. The highest BCUT2D eigenvalue weighted by Crippen LogP contribution is 2.10. The van der Waals surface area contributed by atoms with Crippen LogP contribution in [0.5, 0.6) is 0 Å². The zero-order valence-electron chi connectivity index (χ0n) is 14.4. The Hall–Kier alpha value is -2.31. The minimum atomic E-state index is -0.517. The SMILES string of the molecule is C[C@H](CNC(=O)Nc1cccnc1)CN(C)C(=O)OC(C)(C)C. The molecule has 0 saturated carbocycles. The summed E-state index contributed by atoms with van der Waals surface area (Å²) in [7, 11) is 1.68. The molecule has 0 radical (unpaired) electrons. The fraction of sp³-hybridized carbons (Fsp3) is 0.562. The van der Waals surface area contributed by atoms with Gasteiger partial charge in [-0.3, -0.25) is 4.98 Å². The van der Waals surface area contributed by atoms with Gasteiger partial charge in [-0.25, -0.2) is 9.59 Å². The Labute approximate surface area is 137 Å². The van der Waals surface area contributed by atoms with E-state index in [2.05, 4.69) is 15.6 Å². The Morgan fingerprint density at radius 1 is 1.39 bits per heavy atom. The molecule has 1 aromatic heterocycles. The molecule has 0 aliphatic rings. The van der Waals surface area contributed by atoms with E-state index in [-0.39, 0.29) is 18.0 Å². The summed E-state index contributed by atoms with van der Waals surface area (Å²) in [5, 5.41) is 5.45. The third kappa shape index (κ3) is 8.04. The van der Waals surface area contributed by atoms with Gasteiger partial charge in [0.25, 0.3) is 0 Å². The highest BCUT2D eigenvalue weighted by Gasteiger charge is 2.20. The number of hydrogen-bond acceptors (Lipinski definition) is 4. The number of ether oxygens (including phenoxy) is 1. The molecule has 0 aliphatic heterocycles. The van der Waals surface area contributed by atoms with Crippen molar-refractivity contribution in [2.45, 2.75) is 33.3 Å². The van der Waals surface area contributed by atoms with Crippen molar-refractivity contribution in [1.29, 1.82) is 0 Å². The maximum absolute atomic E-state index is 11.9. The molecule has 7 nitrogen and oxygen atoms in total. The van der Waals surface area contributed by atoms with Gasteiger partial charge >= 0.3 is 12.1 Å². The summed E-state index contributed by atoms with van der Waals surface area (Å²) in [6.07, 6.45) is 2.83. The predicted molar refractivity (Wildman–Crippen MR) is 89.3 cm³/mol. The van der Waals surface area contributed by atoms with Gasteiger partial charge in [0.2, 0.25) is 0 Å². The average molecular weight is 322 g/mol. The Morgan fingerprint density at radius 2 is 2.09 bits per heavy atom. The fourth-order valence-electron chi connectivity index (χ4n) is 1.83. The van der Waals surface area contributed by atoms with Crippen molar-refractivity contribution in [2.24, 2.45) is 5.92 Å². The lowest BCUT2D eigenvalue weighted by Crippen LogP contribution is -2.40. The predicted octanol–water partition coefficient (Wildman–Crippen LogP) is 2.71. The van der Waals surface area contributed by atoms with Gasteiger partial charge in [-0.05, 0) is 38.8 Å². The number of aromatic nitrogens is 1. The topological polar surface area (TPSA) is 83.6 Å². The van der Waals surface area contributed by atoms with E-state index in [1.807, 2.05) is 27.7 Å². The summed E-state index contributed by atoms with van der Waals surface area (Å²) in [5.74, 6) is 0.0900. The molecule has 0 aromatic carbocycles. The van der Waals surface area contributed by atoms with Gasteiger partial charge in [-0.2, -0.15) is 0 Å². The summed E-state index contributed by atoms with van der Waals surface area (Å²) < 4.78 is 5.29. The normalized spacial score (nSPS) is 12.2. The van der Waals surface area contributed by atoms with Crippen molar-refractivity contribution in [3.8, 4) is 0 Å². The standard InChI is InChI=1S/C16H26N4O3/c1-12(11-20(5)15(22)23-16(2,3)4)9-18-14(21)19-13-7-6-8-17-10-13/h6-8,10,12H,9,11H2,1-5H3,(H2,18,19,21)/t12-/m1/s1. The van der Waals surface area contributed by atoms with Crippen LogP contribution in [0, 0.1) is 5.92 Å². The number of carbonyl (C=O) groups excluding carboxylic acids is 2. The molecule has 0 spiro atoms. The van der Waals surface area contributed by atoms with Crippen LogP contribution in [0.25, 0.3) is 0 Å². The van der Waals surface area contributed by atoms with E-state index < -0.39 is 5.60 Å². The average Bonchev–Trinajstić information content (AvgIpc) is 2.44. The van der Waals surface area contributed by atoms with Crippen molar-refractivity contribution in [2.75, 3.05) is 25.5 Å².